The molecule has 0 saturated heterocycles. The highest BCUT2D eigenvalue weighted by Gasteiger charge is 2.21. The molecule has 13 aromatic rings. The molecule has 12 aromatic carbocycles. The number of hydrogen-bond donors (Lipinski definition) is 0. The SMILES string of the molecule is c1ccc2c(-c3ccc(N(c4ccc5ccc(-c6cc7ccccc7c7ccccc67)cc5c4)c4ccc5oc6c7ccccc7ccc6c5c4)c4ccccc34)cccc2c1. The summed E-state index contributed by atoms with van der Waals surface area (Å²) >= 11 is 0. The second-order valence-corrected chi connectivity index (χ2v) is 16.4. The van der Waals surface area contributed by atoms with Crippen LogP contribution in [0, 0.1) is 0 Å². The van der Waals surface area contributed by atoms with Gasteiger partial charge in [0.2, 0.25) is 0 Å². The van der Waals surface area contributed by atoms with E-state index in [-0.39, 0.29) is 0 Å². The lowest BCUT2D eigenvalue weighted by atomic mass is 9.92. The van der Waals surface area contributed by atoms with Gasteiger partial charge in [0, 0.05) is 32.9 Å². The molecule has 1 aromatic heterocycles. The molecule has 0 N–H and O–H groups in total. The number of hydrogen-bond acceptors (Lipinski definition) is 2. The first-order valence-electron chi connectivity index (χ1n) is 21.3. The Hall–Kier alpha value is -8.20. The summed E-state index contributed by atoms with van der Waals surface area (Å²) in [6, 6.07) is 82.0. The van der Waals surface area contributed by atoms with Gasteiger partial charge in [-0.3, -0.25) is 0 Å². The summed E-state index contributed by atoms with van der Waals surface area (Å²) in [6.07, 6.45) is 0. The summed E-state index contributed by atoms with van der Waals surface area (Å²) in [5.41, 5.74) is 9.94. The van der Waals surface area contributed by atoms with Gasteiger partial charge in [-0.15, -0.1) is 0 Å². The van der Waals surface area contributed by atoms with E-state index in [1.54, 1.807) is 0 Å². The minimum Gasteiger partial charge on any atom is -0.455 e. The summed E-state index contributed by atoms with van der Waals surface area (Å²) in [6.45, 7) is 0. The van der Waals surface area contributed by atoms with Crippen LogP contribution in [0.5, 0.6) is 0 Å². The van der Waals surface area contributed by atoms with Crippen molar-refractivity contribution in [1.82, 2.24) is 0 Å². The van der Waals surface area contributed by atoms with E-state index in [1.807, 2.05) is 0 Å². The van der Waals surface area contributed by atoms with Gasteiger partial charge in [-0.1, -0.05) is 170 Å². The van der Waals surface area contributed by atoms with Gasteiger partial charge in [0.05, 0.1) is 5.69 Å². The van der Waals surface area contributed by atoms with E-state index in [1.165, 1.54) is 81.5 Å². The van der Waals surface area contributed by atoms with Gasteiger partial charge in [0.15, 0.2) is 0 Å². The number of anilines is 3. The van der Waals surface area contributed by atoms with Gasteiger partial charge >= 0.3 is 0 Å². The second-order valence-electron chi connectivity index (χ2n) is 16.4. The standard InChI is InChI=1S/C60H37NO/c1-4-16-46-39(12-1)15-11-23-50(46)53-31-32-58(54-22-10-9-20-51(53)54)61(45-29-33-59-57(37-45)55-30-27-40-13-2-6-18-48(40)60(55)62-59)44-28-26-38-24-25-42(34-43(38)35-44)56-36-41-14-3-5-17-47(41)49-19-7-8-21-52(49)56/h1-37H. The maximum Gasteiger partial charge on any atom is 0.143 e. The first kappa shape index (κ1) is 34.6. The molecule has 0 saturated carbocycles. The molecule has 0 spiro atoms. The van der Waals surface area contributed by atoms with Gasteiger partial charge in [-0.05, 0) is 131 Å². The maximum atomic E-state index is 6.63. The Bertz CT molecular complexity index is 3940. The van der Waals surface area contributed by atoms with Gasteiger partial charge in [0.25, 0.3) is 0 Å². The molecule has 0 bridgehead atoms. The Kier molecular flexibility index (Phi) is 7.64. The van der Waals surface area contributed by atoms with Crippen LogP contribution >= 0.6 is 0 Å². The molecule has 0 amide bonds. The largest absolute Gasteiger partial charge is 0.455 e. The average molecular weight is 788 g/mol. The summed E-state index contributed by atoms with van der Waals surface area (Å²) in [7, 11) is 0. The van der Waals surface area contributed by atoms with Crippen molar-refractivity contribution in [3.05, 3.63) is 224 Å². The summed E-state index contributed by atoms with van der Waals surface area (Å²) in [5, 5.41) is 16.8. The van der Waals surface area contributed by atoms with Crippen molar-refractivity contribution in [3.63, 3.8) is 0 Å². The molecule has 0 aliphatic rings. The zero-order valence-corrected chi connectivity index (χ0v) is 33.7. The Morgan fingerprint density at radius 2 is 0.871 bits per heavy atom. The highest BCUT2D eigenvalue weighted by Crippen LogP contribution is 2.46. The molecule has 0 radical (unpaired) electrons. The number of nitrogens with zero attached hydrogens (tertiary/aromatic N) is 1. The molecule has 0 aliphatic carbocycles. The van der Waals surface area contributed by atoms with Crippen LogP contribution in [0.15, 0.2) is 229 Å². The summed E-state index contributed by atoms with van der Waals surface area (Å²) in [5.74, 6) is 0. The molecule has 2 nitrogen and oxygen atoms in total. The van der Waals surface area contributed by atoms with Crippen molar-refractivity contribution in [1.29, 1.82) is 0 Å². The normalized spacial score (nSPS) is 11.9. The van der Waals surface area contributed by atoms with Crippen LogP contribution in [-0.2, 0) is 0 Å². The van der Waals surface area contributed by atoms with Gasteiger partial charge in [-0.25, -0.2) is 0 Å². The van der Waals surface area contributed by atoms with Crippen LogP contribution in [0.25, 0.3) is 109 Å². The zero-order chi connectivity index (χ0) is 40.7. The van der Waals surface area contributed by atoms with Crippen molar-refractivity contribution >= 4 is 104 Å². The smallest absolute Gasteiger partial charge is 0.143 e. The van der Waals surface area contributed by atoms with E-state index >= 15 is 0 Å². The Morgan fingerprint density at radius 1 is 0.274 bits per heavy atom. The lowest BCUT2D eigenvalue weighted by Crippen LogP contribution is -2.10. The predicted octanol–water partition coefficient (Wildman–Crippen LogP) is 17.3. The van der Waals surface area contributed by atoms with Crippen LogP contribution in [-0.4, -0.2) is 0 Å². The molecule has 1 heterocycles. The average Bonchev–Trinajstić information content (AvgIpc) is 3.72. The molecule has 13 rings (SSSR count). The van der Waals surface area contributed by atoms with E-state index in [0.29, 0.717) is 0 Å². The predicted molar refractivity (Wildman–Crippen MR) is 264 cm³/mol. The highest BCUT2D eigenvalue weighted by molar-refractivity contribution is 6.17. The van der Waals surface area contributed by atoms with Crippen LogP contribution < -0.4 is 4.90 Å². The summed E-state index contributed by atoms with van der Waals surface area (Å²) < 4.78 is 6.63. The molecule has 288 valence electrons. The maximum absolute atomic E-state index is 6.63. The zero-order valence-electron chi connectivity index (χ0n) is 33.7. The molecule has 2 heteroatoms. The van der Waals surface area contributed by atoms with E-state index in [4.69, 9.17) is 4.42 Å². The molecule has 0 fully saturated rings. The van der Waals surface area contributed by atoms with Crippen LogP contribution in [0.3, 0.4) is 0 Å². The molecule has 0 atom stereocenters. The van der Waals surface area contributed by atoms with Crippen LogP contribution in [0.2, 0.25) is 0 Å². The lowest BCUT2D eigenvalue weighted by Gasteiger charge is -2.28. The fourth-order valence-corrected chi connectivity index (χ4v) is 10.1. The van der Waals surface area contributed by atoms with Crippen LogP contribution in [0.1, 0.15) is 0 Å². The second kappa shape index (κ2) is 13.7. The van der Waals surface area contributed by atoms with Gasteiger partial charge in [-0.2, -0.15) is 0 Å². The van der Waals surface area contributed by atoms with E-state index in [2.05, 4.69) is 229 Å². The quantitative estimate of drug-likeness (QED) is 0.162. The lowest BCUT2D eigenvalue weighted by molar-refractivity contribution is 0.672. The first-order chi connectivity index (χ1) is 30.7. The minimum atomic E-state index is 0.877. The Labute approximate surface area is 358 Å². The fourth-order valence-electron chi connectivity index (χ4n) is 10.1. The van der Waals surface area contributed by atoms with Crippen molar-refractivity contribution < 1.29 is 4.42 Å². The number of rotatable bonds is 5. The molecular weight excluding hydrogens is 751 g/mol. The van der Waals surface area contributed by atoms with Crippen LogP contribution in [0.4, 0.5) is 17.1 Å². The highest BCUT2D eigenvalue weighted by atomic mass is 16.3. The summed E-state index contributed by atoms with van der Waals surface area (Å²) in [4.78, 5) is 2.44. The monoisotopic (exact) mass is 787 g/mol. The minimum absolute atomic E-state index is 0.877. The third kappa shape index (κ3) is 5.37. The third-order valence-corrected chi connectivity index (χ3v) is 13.0. The van der Waals surface area contributed by atoms with Crippen molar-refractivity contribution in [2.24, 2.45) is 0 Å². The van der Waals surface area contributed by atoms with Crippen molar-refractivity contribution in [2.75, 3.05) is 4.90 Å². The molecule has 62 heavy (non-hydrogen) atoms. The molecule has 0 unspecified atom stereocenters. The number of fused-ring (bicyclic) bond motifs is 11. The van der Waals surface area contributed by atoms with Gasteiger partial charge < -0.3 is 9.32 Å². The van der Waals surface area contributed by atoms with Crippen molar-refractivity contribution in [3.8, 4) is 22.3 Å². The topological polar surface area (TPSA) is 16.4 Å². The van der Waals surface area contributed by atoms with E-state index < -0.39 is 0 Å². The van der Waals surface area contributed by atoms with E-state index in [0.717, 1.165) is 44.4 Å². The van der Waals surface area contributed by atoms with Crippen molar-refractivity contribution in [2.45, 2.75) is 0 Å². The fraction of sp³-hybridized carbons (Fsp3) is 0. The molecular formula is C60H37NO. The Balaban J connectivity index is 1.04. The van der Waals surface area contributed by atoms with E-state index in [9.17, 15) is 0 Å². The number of furan rings is 1. The first-order valence-corrected chi connectivity index (χ1v) is 21.3. The van der Waals surface area contributed by atoms with Gasteiger partial charge in [0.1, 0.15) is 11.2 Å². The third-order valence-electron chi connectivity index (χ3n) is 13.0. The Morgan fingerprint density at radius 3 is 1.71 bits per heavy atom. The number of benzene rings is 12. The molecule has 0 aliphatic heterocycles.